The predicted molar refractivity (Wildman–Crippen MR) is 104 cm³/mol. The van der Waals surface area contributed by atoms with E-state index >= 15 is 0 Å². The molecule has 1 amide bonds. The van der Waals surface area contributed by atoms with Crippen molar-refractivity contribution in [2.45, 2.75) is 18.4 Å². The molecule has 0 unspecified atom stereocenters. The Morgan fingerprint density at radius 2 is 1.96 bits per heavy atom. The Morgan fingerprint density at radius 3 is 2.64 bits per heavy atom. The number of nitrogens with one attached hydrogen (secondary N) is 1. The molecule has 134 valence electrons. The number of hydrogen-bond donors (Lipinski definition) is 1. The summed E-state index contributed by atoms with van der Waals surface area (Å²) in [6.07, 6.45) is 2.06. The van der Waals surface area contributed by atoms with E-state index in [0.29, 0.717) is 19.7 Å². The van der Waals surface area contributed by atoms with E-state index in [-0.39, 0.29) is 5.91 Å². The fourth-order valence-corrected chi connectivity index (χ4v) is 2.87. The van der Waals surface area contributed by atoms with Crippen molar-refractivity contribution in [3.63, 3.8) is 0 Å². The van der Waals surface area contributed by atoms with Gasteiger partial charge in [-0.25, -0.2) is 0 Å². The van der Waals surface area contributed by atoms with Crippen LogP contribution in [0.1, 0.15) is 11.1 Å². The van der Waals surface area contributed by atoms with Crippen LogP contribution >= 0.6 is 11.8 Å². The molecule has 0 aliphatic carbocycles. The van der Waals surface area contributed by atoms with Crippen molar-refractivity contribution >= 4 is 17.7 Å². The van der Waals surface area contributed by atoms with Crippen molar-refractivity contribution in [2.24, 2.45) is 0 Å². The smallest absolute Gasteiger partial charge is 0.234 e. The van der Waals surface area contributed by atoms with Crippen molar-refractivity contribution in [3.05, 3.63) is 59.7 Å². The summed E-state index contributed by atoms with van der Waals surface area (Å²) in [4.78, 5) is 15.3. The first-order valence-corrected chi connectivity index (χ1v) is 9.57. The molecule has 0 fully saturated rings. The van der Waals surface area contributed by atoms with Gasteiger partial charge in [0.1, 0.15) is 12.4 Å². The lowest BCUT2D eigenvalue weighted by molar-refractivity contribution is -0.122. The number of benzene rings is 2. The minimum Gasteiger partial charge on any atom is -0.492 e. The molecule has 0 aromatic heterocycles. The van der Waals surface area contributed by atoms with Crippen molar-refractivity contribution in [2.75, 3.05) is 33.0 Å². The summed E-state index contributed by atoms with van der Waals surface area (Å²) >= 11 is 1.73. The normalized spacial score (nSPS) is 10.7. The minimum absolute atomic E-state index is 0.0103. The fourth-order valence-electron chi connectivity index (χ4n) is 2.46. The molecule has 25 heavy (non-hydrogen) atoms. The van der Waals surface area contributed by atoms with Gasteiger partial charge < -0.3 is 10.1 Å². The SMILES string of the molecule is CSc1ccc(CN(C)CC(=O)NCCOc2cccc(C)c2)cc1. The number of carbonyl (C=O) groups excluding carboxylic acids is 1. The van der Waals surface area contributed by atoms with Crippen molar-refractivity contribution in [3.8, 4) is 5.75 Å². The van der Waals surface area contributed by atoms with Gasteiger partial charge in [-0.2, -0.15) is 0 Å². The summed E-state index contributed by atoms with van der Waals surface area (Å²) < 4.78 is 5.63. The van der Waals surface area contributed by atoms with Gasteiger partial charge in [-0.1, -0.05) is 24.3 Å². The van der Waals surface area contributed by atoms with E-state index in [2.05, 4.69) is 35.8 Å². The summed E-state index contributed by atoms with van der Waals surface area (Å²) in [5.74, 6) is 0.844. The van der Waals surface area contributed by atoms with Gasteiger partial charge in [-0.3, -0.25) is 9.69 Å². The second-order valence-electron chi connectivity index (χ2n) is 6.04. The molecule has 0 spiro atoms. The topological polar surface area (TPSA) is 41.6 Å². The number of aryl methyl sites for hydroxylation is 1. The number of carbonyl (C=O) groups is 1. The van der Waals surface area contributed by atoms with Crippen LogP contribution in [-0.4, -0.2) is 43.8 Å². The average Bonchev–Trinajstić information content (AvgIpc) is 2.59. The van der Waals surface area contributed by atoms with Crippen molar-refractivity contribution in [1.29, 1.82) is 0 Å². The highest BCUT2D eigenvalue weighted by Crippen LogP contribution is 2.15. The molecule has 5 heteroatoms. The van der Waals surface area contributed by atoms with Gasteiger partial charge in [-0.15, -0.1) is 11.8 Å². The summed E-state index contributed by atoms with van der Waals surface area (Å²) in [7, 11) is 1.95. The Morgan fingerprint density at radius 1 is 1.20 bits per heavy atom. The van der Waals surface area contributed by atoms with Crippen LogP contribution in [0.2, 0.25) is 0 Å². The molecular formula is C20H26N2O2S. The van der Waals surface area contributed by atoms with Crippen LogP contribution in [0.5, 0.6) is 5.75 Å². The van der Waals surface area contributed by atoms with Crippen molar-refractivity contribution < 1.29 is 9.53 Å². The third-order valence-electron chi connectivity index (χ3n) is 3.71. The first-order chi connectivity index (χ1) is 12.1. The maximum absolute atomic E-state index is 12.0. The van der Waals surface area contributed by atoms with Gasteiger partial charge in [0.05, 0.1) is 13.1 Å². The number of thioether (sulfide) groups is 1. The summed E-state index contributed by atoms with van der Waals surface area (Å²) in [6, 6.07) is 16.3. The van der Waals surface area contributed by atoms with Gasteiger partial charge in [0.2, 0.25) is 5.91 Å². The first-order valence-electron chi connectivity index (χ1n) is 8.34. The lowest BCUT2D eigenvalue weighted by Crippen LogP contribution is -2.36. The van der Waals surface area contributed by atoms with Gasteiger partial charge in [0.25, 0.3) is 0 Å². The van der Waals surface area contributed by atoms with Crippen molar-refractivity contribution in [1.82, 2.24) is 10.2 Å². The molecule has 0 atom stereocenters. The molecule has 2 aromatic carbocycles. The molecule has 2 aromatic rings. The summed E-state index contributed by atoms with van der Waals surface area (Å²) in [5.41, 5.74) is 2.37. The largest absolute Gasteiger partial charge is 0.492 e. The van der Waals surface area contributed by atoms with Crippen LogP contribution in [0, 0.1) is 6.92 Å². The van der Waals surface area contributed by atoms with Gasteiger partial charge in [0.15, 0.2) is 0 Å². The molecule has 0 heterocycles. The quantitative estimate of drug-likeness (QED) is 0.551. The Bertz CT molecular complexity index is 674. The number of hydrogen-bond acceptors (Lipinski definition) is 4. The Kier molecular flexibility index (Phi) is 7.82. The highest BCUT2D eigenvalue weighted by atomic mass is 32.2. The monoisotopic (exact) mass is 358 g/mol. The zero-order chi connectivity index (χ0) is 18.1. The number of ether oxygens (including phenoxy) is 1. The number of likely N-dealkylation sites (N-methyl/N-ethyl adjacent to an activating group) is 1. The van der Waals surface area contributed by atoms with E-state index in [9.17, 15) is 4.79 Å². The Hall–Kier alpha value is -1.98. The molecule has 1 N–H and O–H groups in total. The molecular weight excluding hydrogens is 332 g/mol. The zero-order valence-electron chi connectivity index (χ0n) is 15.1. The molecule has 0 aliphatic rings. The maximum atomic E-state index is 12.0. The minimum atomic E-state index is 0.0103. The molecule has 0 bridgehead atoms. The van der Waals surface area contributed by atoms with E-state index < -0.39 is 0 Å². The molecule has 0 saturated carbocycles. The Balaban J connectivity index is 1.65. The fraction of sp³-hybridized carbons (Fsp3) is 0.350. The highest BCUT2D eigenvalue weighted by molar-refractivity contribution is 7.98. The van der Waals surface area contributed by atoms with Gasteiger partial charge >= 0.3 is 0 Å². The number of nitrogens with zero attached hydrogens (tertiary/aromatic N) is 1. The van der Waals surface area contributed by atoms with E-state index in [1.165, 1.54) is 10.5 Å². The number of rotatable bonds is 9. The molecule has 0 aliphatic heterocycles. The van der Waals surface area contributed by atoms with Crippen LogP contribution < -0.4 is 10.1 Å². The van der Waals surface area contributed by atoms with Gasteiger partial charge in [-0.05, 0) is 55.6 Å². The van der Waals surface area contributed by atoms with Gasteiger partial charge in [0, 0.05) is 11.4 Å². The zero-order valence-corrected chi connectivity index (χ0v) is 15.9. The Labute approximate surface area is 154 Å². The van der Waals surface area contributed by atoms with E-state index in [0.717, 1.165) is 17.9 Å². The second-order valence-corrected chi connectivity index (χ2v) is 6.91. The van der Waals surface area contributed by atoms with E-state index in [4.69, 9.17) is 4.74 Å². The summed E-state index contributed by atoms with van der Waals surface area (Å²) in [6.45, 7) is 4.12. The van der Waals surface area contributed by atoms with Crippen LogP contribution in [0.15, 0.2) is 53.4 Å². The third-order valence-corrected chi connectivity index (χ3v) is 4.45. The molecule has 4 nitrogen and oxygen atoms in total. The molecule has 2 rings (SSSR count). The first kappa shape index (κ1) is 19.3. The van der Waals surface area contributed by atoms with Crippen LogP contribution in [0.3, 0.4) is 0 Å². The lowest BCUT2D eigenvalue weighted by Gasteiger charge is -2.16. The molecule has 0 radical (unpaired) electrons. The average molecular weight is 359 g/mol. The standard InChI is InChI=1S/C20H26N2O2S/c1-16-5-4-6-18(13-16)24-12-11-21-20(23)15-22(2)14-17-7-9-19(25-3)10-8-17/h4-10,13H,11-12,14-15H2,1-3H3,(H,21,23). The molecule has 0 saturated heterocycles. The lowest BCUT2D eigenvalue weighted by atomic mass is 10.2. The third kappa shape index (κ3) is 7.20. The van der Waals surface area contributed by atoms with Crippen LogP contribution in [0.25, 0.3) is 0 Å². The maximum Gasteiger partial charge on any atom is 0.234 e. The van der Waals surface area contributed by atoms with Crippen LogP contribution in [0.4, 0.5) is 0 Å². The summed E-state index contributed by atoms with van der Waals surface area (Å²) in [5, 5.41) is 2.89. The predicted octanol–water partition coefficient (Wildman–Crippen LogP) is 3.34. The van der Waals surface area contributed by atoms with E-state index in [1.54, 1.807) is 11.8 Å². The number of amides is 1. The van der Waals surface area contributed by atoms with Crippen LogP contribution in [-0.2, 0) is 11.3 Å². The highest BCUT2D eigenvalue weighted by Gasteiger charge is 2.07. The second kappa shape index (κ2) is 10.1. The van der Waals surface area contributed by atoms with E-state index in [1.807, 2.05) is 43.1 Å².